The zero-order valence-corrected chi connectivity index (χ0v) is 14.8. The van der Waals surface area contributed by atoms with Gasteiger partial charge in [-0.3, -0.25) is 0 Å². The van der Waals surface area contributed by atoms with Crippen molar-refractivity contribution < 1.29 is 0 Å². The van der Waals surface area contributed by atoms with Gasteiger partial charge in [-0.15, -0.1) is 0 Å². The highest BCUT2D eigenvalue weighted by Crippen LogP contribution is 2.35. The van der Waals surface area contributed by atoms with Gasteiger partial charge in [0.25, 0.3) is 0 Å². The van der Waals surface area contributed by atoms with Crippen LogP contribution in [-0.4, -0.2) is 13.7 Å². The molecule has 0 unspecified atom stereocenters. The lowest BCUT2D eigenvalue weighted by Crippen LogP contribution is -1.89. The highest BCUT2D eigenvalue weighted by Gasteiger charge is 2.14. The number of nitrogens with zero attached hydrogens (tertiary/aromatic N) is 3. The van der Waals surface area contributed by atoms with E-state index in [0.29, 0.717) is 0 Å². The topological polar surface area (TPSA) is 14.8 Å². The van der Waals surface area contributed by atoms with Crippen LogP contribution in [0.3, 0.4) is 0 Å². The molecule has 0 bridgehead atoms. The first-order chi connectivity index (χ1) is 11.5. The molecule has 2 aromatic carbocycles. The zero-order valence-electron chi connectivity index (χ0n) is 14.8. The van der Waals surface area contributed by atoms with E-state index in [-0.39, 0.29) is 0 Å². The summed E-state index contributed by atoms with van der Waals surface area (Å²) in [5.74, 6) is 0. The van der Waals surface area contributed by atoms with E-state index in [0.717, 1.165) is 0 Å². The van der Waals surface area contributed by atoms with E-state index < -0.39 is 0 Å². The predicted molar refractivity (Wildman–Crippen MR) is 103 cm³/mol. The Morgan fingerprint density at radius 3 is 1.33 bits per heavy atom. The minimum Gasteiger partial charge on any atom is -0.348 e. The van der Waals surface area contributed by atoms with Gasteiger partial charge in [0, 0.05) is 76.1 Å². The summed E-state index contributed by atoms with van der Waals surface area (Å²) in [5.41, 5.74) is 7.80. The van der Waals surface area contributed by atoms with Crippen LogP contribution in [0, 0.1) is 13.8 Å². The average molecular weight is 315 g/mol. The normalized spacial score (nSPS) is 12.4. The van der Waals surface area contributed by atoms with Crippen LogP contribution in [0.15, 0.2) is 36.4 Å². The maximum absolute atomic E-state index is 2.35. The number of aryl methyl sites for hydroxylation is 5. The van der Waals surface area contributed by atoms with Crippen molar-refractivity contribution in [1.29, 1.82) is 0 Å². The SMILES string of the molecule is Cc1cc2cc3c(cc2n1C)c1cc2c(cc(C)n2C)cc1n3C. The average Bonchev–Trinajstić information content (AvgIpc) is 3.10. The first-order valence-corrected chi connectivity index (χ1v) is 8.40. The van der Waals surface area contributed by atoms with Crippen molar-refractivity contribution in [3.8, 4) is 0 Å². The minimum absolute atomic E-state index is 1.30. The number of rotatable bonds is 0. The Morgan fingerprint density at radius 1 is 0.500 bits per heavy atom. The molecule has 0 N–H and O–H groups in total. The molecule has 0 saturated carbocycles. The largest absolute Gasteiger partial charge is 0.348 e. The molecule has 3 heterocycles. The van der Waals surface area contributed by atoms with Crippen molar-refractivity contribution >= 4 is 43.6 Å². The molecule has 3 aromatic heterocycles. The van der Waals surface area contributed by atoms with Crippen LogP contribution in [0.4, 0.5) is 0 Å². The standard InChI is InChI=1S/C21H21N3/c1-12-6-14-8-20-16(10-18(14)22(12)3)17-11-19-15(7-13(2)23(19)4)9-21(17)24(20)5/h6-11H,1-5H3. The third-order valence-corrected chi connectivity index (χ3v) is 5.81. The van der Waals surface area contributed by atoms with Gasteiger partial charge in [0.15, 0.2) is 0 Å². The quantitative estimate of drug-likeness (QED) is 0.385. The molecule has 0 radical (unpaired) electrons. The molecule has 5 aromatic rings. The van der Waals surface area contributed by atoms with E-state index in [2.05, 4.69) is 85.1 Å². The van der Waals surface area contributed by atoms with E-state index in [9.17, 15) is 0 Å². The van der Waals surface area contributed by atoms with Crippen LogP contribution >= 0.6 is 0 Å². The Bertz CT molecular complexity index is 1190. The summed E-state index contributed by atoms with van der Waals surface area (Å²) in [5, 5.41) is 5.30. The fraction of sp³-hybridized carbons (Fsp3) is 0.238. The Hall–Kier alpha value is -2.68. The molecule has 0 spiro atoms. The first-order valence-electron chi connectivity index (χ1n) is 8.40. The molecular formula is C21H21N3. The fourth-order valence-electron chi connectivity index (χ4n) is 4.14. The van der Waals surface area contributed by atoms with Crippen LogP contribution in [-0.2, 0) is 21.1 Å². The molecular weight excluding hydrogens is 294 g/mol. The van der Waals surface area contributed by atoms with Gasteiger partial charge in [0.1, 0.15) is 0 Å². The summed E-state index contributed by atoms with van der Waals surface area (Å²) in [6.45, 7) is 4.33. The molecule has 24 heavy (non-hydrogen) atoms. The predicted octanol–water partition coefficient (Wildman–Crippen LogP) is 4.93. The van der Waals surface area contributed by atoms with Gasteiger partial charge in [-0.25, -0.2) is 0 Å². The third-order valence-electron chi connectivity index (χ3n) is 5.81. The maximum atomic E-state index is 2.35. The zero-order chi connectivity index (χ0) is 16.7. The Morgan fingerprint density at radius 2 is 0.917 bits per heavy atom. The monoisotopic (exact) mass is 315 g/mol. The minimum atomic E-state index is 1.30. The number of benzene rings is 2. The van der Waals surface area contributed by atoms with Gasteiger partial charge in [-0.1, -0.05) is 0 Å². The molecule has 0 atom stereocenters. The maximum Gasteiger partial charge on any atom is 0.0496 e. The van der Waals surface area contributed by atoms with Gasteiger partial charge in [0.05, 0.1) is 0 Å². The molecule has 0 amide bonds. The van der Waals surface area contributed by atoms with Crippen molar-refractivity contribution in [2.45, 2.75) is 13.8 Å². The van der Waals surface area contributed by atoms with E-state index in [1.807, 2.05) is 0 Å². The second-order valence-corrected chi connectivity index (χ2v) is 7.10. The molecule has 0 saturated heterocycles. The summed E-state index contributed by atoms with van der Waals surface area (Å²) in [6, 6.07) is 13.9. The summed E-state index contributed by atoms with van der Waals surface area (Å²) >= 11 is 0. The lowest BCUT2D eigenvalue weighted by molar-refractivity contribution is 0.918. The number of aromatic nitrogens is 3. The first kappa shape index (κ1) is 13.7. The second-order valence-electron chi connectivity index (χ2n) is 7.10. The van der Waals surface area contributed by atoms with E-state index in [1.165, 1.54) is 55.0 Å². The molecule has 3 heteroatoms. The molecule has 0 aliphatic heterocycles. The molecule has 3 nitrogen and oxygen atoms in total. The molecule has 0 fully saturated rings. The lowest BCUT2D eigenvalue weighted by atomic mass is 10.1. The molecule has 0 aliphatic rings. The van der Waals surface area contributed by atoms with Crippen LogP contribution in [0.1, 0.15) is 11.4 Å². The summed E-state index contributed by atoms with van der Waals surface area (Å²) in [4.78, 5) is 0. The molecule has 5 rings (SSSR count). The van der Waals surface area contributed by atoms with Gasteiger partial charge in [-0.05, 0) is 50.2 Å². The van der Waals surface area contributed by atoms with Crippen LogP contribution in [0.5, 0.6) is 0 Å². The van der Waals surface area contributed by atoms with Crippen molar-refractivity contribution in [1.82, 2.24) is 13.7 Å². The number of hydrogen-bond acceptors (Lipinski definition) is 0. The van der Waals surface area contributed by atoms with E-state index in [1.54, 1.807) is 0 Å². The van der Waals surface area contributed by atoms with Gasteiger partial charge in [-0.2, -0.15) is 0 Å². The van der Waals surface area contributed by atoms with Crippen LogP contribution in [0.25, 0.3) is 43.6 Å². The van der Waals surface area contributed by atoms with Crippen molar-refractivity contribution in [3.63, 3.8) is 0 Å². The highest BCUT2D eigenvalue weighted by atomic mass is 15.0. The second kappa shape index (κ2) is 4.23. The summed E-state index contributed by atoms with van der Waals surface area (Å²) in [7, 11) is 6.47. The van der Waals surface area contributed by atoms with Gasteiger partial charge >= 0.3 is 0 Å². The van der Waals surface area contributed by atoms with Crippen LogP contribution < -0.4 is 0 Å². The molecule has 120 valence electrons. The van der Waals surface area contributed by atoms with Crippen molar-refractivity contribution in [3.05, 3.63) is 47.8 Å². The van der Waals surface area contributed by atoms with Crippen molar-refractivity contribution in [2.24, 2.45) is 21.1 Å². The van der Waals surface area contributed by atoms with E-state index >= 15 is 0 Å². The Labute approximate surface area is 140 Å². The smallest absolute Gasteiger partial charge is 0.0496 e. The fourth-order valence-corrected chi connectivity index (χ4v) is 4.14. The Balaban J connectivity index is 2.02. The lowest BCUT2D eigenvalue weighted by Gasteiger charge is -2.01. The Kier molecular flexibility index (Phi) is 2.42. The van der Waals surface area contributed by atoms with Crippen LogP contribution in [0.2, 0.25) is 0 Å². The number of fused-ring (bicyclic) bond motifs is 5. The summed E-state index contributed by atoms with van der Waals surface area (Å²) < 4.78 is 6.88. The number of hydrogen-bond donors (Lipinski definition) is 0. The van der Waals surface area contributed by atoms with Crippen molar-refractivity contribution in [2.75, 3.05) is 0 Å². The van der Waals surface area contributed by atoms with Gasteiger partial charge < -0.3 is 13.7 Å². The highest BCUT2D eigenvalue weighted by molar-refractivity contribution is 6.15. The van der Waals surface area contributed by atoms with Gasteiger partial charge in [0.2, 0.25) is 0 Å². The van der Waals surface area contributed by atoms with E-state index in [4.69, 9.17) is 0 Å². The summed E-state index contributed by atoms with van der Waals surface area (Å²) in [6.07, 6.45) is 0. The molecule has 0 aliphatic carbocycles. The third kappa shape index (κ3) is 1.52.